The molecular formula is C26H17F3N4O. The summed E-state index contributed by atoms with van der Waals surface area (Å²) in [5, 5.41) is 4.75. The van der Waals surface area contributed by atoms with E-state index >= 15 is 0 Å². The molecule has 0 aliphatic rings. The first-order valence-electron chi connectivity index (χ1n) is 10.3. The number of nitrogens with one attached hydrogen (secondary N) is 3. The van der Waals surface area contributed by atoms with Crippen LogP contribution >= 0.6 is 0 Å². The van der Waals surface area contributed by atoms with E-state index in [-0.39, 0.29) is 0 Å². The Morgan fingerprint density at radius 3 is 2.29 bits per heavy atom. The van der Waals surface area contributed by atoms with E-state index in [9.17, 15) is 18.0 Å². The average Bonchev–Trinajstić information content (AvgIpc) is 3.29. The highest BCUT2D eigenvalue weighted by atomic mass is 19.2. The van der Waals surface area contributed by atoms with E-state index in [1.807, 2.05) is 54.6 Å². The minimum absolute atomic E-state index is 0.444. The van der Waals surface area contributed by atoms with Crippen molar-refractivity contribution in [3.63, 3.8) is 0 Å². The van der Waals surface area contributed by atoms with Crippen LogP contribution in [0.5, 0.6) is 0 Å². The molecular weight excluding hydrogens is 441 g/mol. The van der Waals surface area contributed by atoms with Crippen LogP contribution in [0.3, 0.4) is 0 Å². The summed E-state index contributed by atoms with van der Waals surface area (Å²) in [5.74, 6) is -3.67. The molecule has 168 valence electrons. The summed E-state index contributed by atoms with van der Waals surface area (Å²) < 4.78 is 40.2. The predicted octanol–water partition coefficient (Wildman–Crippen LogP) is 6.96. The summed E-state index contributed by atoms with van der Waals surface area (Å²) >= 11 is 0. The largest absolute Gasteiger partial charge is 0.338 e. The van der Waals surface area contributed by atoms with Crippen LogP contribution in [0.25, 0.3) is 33.5 Å². The zero-order chi connectivity index (χ0) is 23.7. The third kappa shape index (κ3) is 4.21. The van der Waals surface area contributed by atoms with Gasteiger partial charge in [0.1, 0.15) is 5.82 Å². The number of anilines is 2. The summed E-state index contributed by atoms with van der Waals surface area (Å²) in [6.07, 6.45) is 0. The normalized spacial score (nSPS) is 10.9. The van der Waals surface area contributed by atoms with Crippen LogP contribution in [0, 0.1) is 17.5 Å². The molecule has 5 nitrogen and oxygen atoms in total. The number of H-pyrrole nitrogens is 1. The number of carbonyl (C=O) groups excluding carboxylic acids is 1. The highest BCUT2D eigenvalue weighted by Crippen LogP contribution is 2.27. The summed E-state index contributed by atoms with van der Waals surface area (Å²) in [5.41, 5.74) is 4.52. The Kier molecular flexibility index (Phi) is 5.47. The maximum Gasteiger partial charge on any atom is 0.323 e. The van der Waals surface area contributed by atoms with E-state index in [1.54, 1.807) is 18.2 Å². The van der Waals surface area contributed by atoms with Crippen molar-refractivity contribution in [2.45, 2.75) is 0 Å². The van der Waals surface area contributed by atoms with Gasteiger partial charge in [-0.25, -0.2) is 22.9 Å². The van der Waals surface area contributed by atoms with E-state index in [4.69, 9.17) is 0 Å². The first-order chi connectivity index (χ1) is 16.5. The quantitative estimate of drug-likeness (QED) is 0.255. The molecule has 1 aromatic heterocycles. The predicted molar refractivity (Wildman–Crippen MR) is 126 cm³/mol. The molecule has 0 bridgehead atoms. The molecule has 8 heteroatoms. The standard InChI is InChI=1S/C26H17F3N4O/c27-19-12-13-22(24(29)23(19)28)33-26(34)30-18-5-3-4-17(14-18)15-8-10-16(11-9-15)25-31-20-6-1-2-7-21(20)32-25/h1-14H,(H,31,32)(H2,30,33,34). The Morgan fingerprint density at radius 1 is 0.735 bits per heavy atom. The van der Waals surface area contributed by atoms with Gasteiger partial charge in [0.15, 0.2) is 17.5 Å². The average molecular weight is 458 g/mol. The van der Waals surface area contributed by atoms with Crippen LogP contribution in [-0.2, 0) is 0 Å². The molecule has 1 heterocycles. The first-order valence-corrected chi connectivity index (χ1v) is 10.3. The first kappa shape index (κ1) is 21.3. The number of fused-ring (bicyclic) bond motifs is 1. The molecule has 2 amide bonds. The number of nitrogens with zero attached hydrogens (tertiary/aromatic N) is 1. The maximum absolute atomic E-state index is 13.8. The van der Waals surface area contributed by atoms with Gasteiger partial charge in [-0.2, -0.15) is 0 Å². The number of amides is 2. The number of imidazole rings is 1. The number of carbonyl (C=O) groups is 1. The lowest BCUT2D eigenvalue weighted by Gasteiger charge is -2.10. The fourth-order valence-corrected chi connectivity index (χ4v) is 3.59. The van der Waals surface area contributed by atoms with Crippen LogP contribution in [-0.4, -0.2) is 16.0 Å². The second kappa shape index (κ2) is 8.74. The van der Waals surface area contributed by atoms with E-state index in [0.717, 1.165) is 45.7 Å². The number of hydrogen-bond donors (Lipinski definition) is 3. The number of aromatic nitrogens is 2. The molecule has 0 unspecified atom stereocenters. The van der Waals surface area contributed by atoms with Crippen LogP contribution in [0.2, 0.25) is 0 Å². The molecule has 0 saturated heterocycles. The summed E-state index contributed by atoms with van der Waals surface area (Å²) in [4.78, 5) is 20.1. The molecule has 5 aromatic rings. The zero-order valence-electron chi connectivity index (χ0n) is 17.6. The van der Waals surface area contributed by atoms with Crippen molar-refractivity contribution in [1.29, 1.82) is 0 Å². The van der Waals surface area contributed by atoms with Gasteiger partial charge in [0.25, 0.3) is 0 Å². The third-order valence-corrected chi connectivity index (χ3v) is 5.28. The fraction of sp³-hybridized carbons (Fsp3) is 0. The molecule has 3 N–H and O–H groups in total. The number of halogens is 3. The Morgan fingerprint density at radius 2 is 1.50 bits per heavy atom. The topological polar surface area (TPSA) is 69.8 Å². The SMILES string of the molecule is O=C(Nc1cccc(-c2ccc(-c3nc4ccccc4[nH]3)cc2)c1)Nc1ccc(F)c(F)c1F. The molecule has 0 atom stereocenters. The Hall–Kier alpha value is -4.59. The van der Waals surface area contributed by atoms with Crippen molar-refractivity contribution in [1.82, 2.24) is 9.97 Å². The van der Waals surface area contributed by atoms with Crippen molar-refractivity contribution in [3.05, 3.63) is 102 Å². The van der Waals surface area contributed by atoms with Crippen LogP contribution < -0.4 is 10.6 Å². The van der Waals surface area contributed by atoms with E-state index < -0.39 is 29.2 Å². The minimum atomic E-state index is -1.65. The van der Waals surface area contributed by atoms with Gasteiger partial charge in [-0.3, -0.25) is 0 Å². The van der Waals surface area contributed by atoms with Gasteiger partial charge in [0.2, 0.25) is 0 Å². The molecule has 0 aliphatic heterocycles. The number of para-hydroxylation sites is 2. The van der Waals surface area contributed by atoms with Gasteiger partial charge < -0.3 is 15.6 Å². The van der Waals surface area contributed by atoms with Crippen molar-refractivity contribution in [2.75, 3.05) is 10.6 Å². The highest BCUT2D eigenvalue weighted by Gasteiger charge is 2.15. The molecule has 0 saturated carbocycles. The second-order valence-corrected chi connectivity index (χ2v) is 7.56. The van der Waals surface area contributed by atoms with E-state index in [0.29, 0.717) is 5.69 Å². The van der Waals surface area contributed by atoms with Crippen molar-refractivity contribution < 1.29 is 18.0 Å². The Balaban J connectivity index is 1.32. The van der Waals surface area contributed by atoms with E-state index in [2.05, 4.69) is 20.6 Å². The smallest absolute Gasteiger partial charge is 0.323 e. The van der Waals surface area contributed by atoms with Crippen molar-refractivity contribution in [2.24, 2.45) is 0 Å². The molecule has 0 radical (unpaired) electrons. The monoisotopic (exact) mass is 458 g/mol. The van der Waals surface area contributed by atoms with Gasteiger partial charge in [0.05, 0.1) is 16.7 Å². The third-order valence-electron chi connectivity index (χ3n) is 5.28. The lowest BCUT2D eigenvalue weighted by molar-refractivity contribution is 0.262. The van der Waals surface area contributed by atoms with Crippen molar-refractivity contribution in [3.8, 4) is 22.5 Å². The molecule has 4 aromatic carbocycles. The number of rotatable bonds is 4. The molecule has 34 heavy (non-hydrogen) atoms. The number of hydrogen-bond acceptors (Lipinski definition) is 2. The second-order valence-electron chi connectivity index (χ2n) is 7.56. The Labute approximate surface area is 192 Å². The maximum atomic E-state index is 13.8. The highest BCUT2D eigenvalue weighted by molar-refractivity contribution is 6.00. The molecule has 5 rings (SSSR count). The molecule has 0 fully saturated rings. The number of urea groups is 1. The molecule has 0 spiro atoms. The van der Waals surface area contributed by atoms with Gasteiger partial charge in [-0.1, -0.05) is 48.5 Å². The van der Waals surface area contributed by atoms with E-state index in [1.165, 1.54) is 0 Å². The number of benzene rings is 4. The van der Waals surface area contributed by atoms with Crippen molar-refractivity contribution >= 4 is 28.4 Å². The lowest BCUT2D eigenvalue weighted by Crippen LogP contribution is -2.20. The molecule has 0 aliphatic carbocycles. The van der Waals surface area contributed by atoms with Gasteiger partial charge in [0, 0.05) is 11.3 Å². The van der Waals surface area contributed by atoms with Crippen LogP contribution in [0.1, 0.15) is 0 Å². The van der Waals surface area contributed by atoms with Gasteiger partial charge >= 0.3 is 6.03 Å². The zero-order valence-corrected chi connectivity index (χ0v) is 17.6. The summed E-state index contributed by atoms with van der Waals surface area (Å²) in [6, 6.07) is 23.5. The Bertz CT molecular complexity index is 1480. The summed E-state index contributed by atoms with van der Waals surface area (Å²) in [6.45, 7) is 0. The fourth-order valence-electron chi connectivity index (χ4n) is 3.59. The minimum Gasteiger partial charge on any atom is -0.338 e. The number of aromatic amines is 1. The van der Waals surface area contributed by atoms with Crippen LogP contribution in [0.15, 0.2) is 84.9 Å². The summed E-state index contributed by atoms with van der Waals surface area (Å²) in [7, 11) is 0. The lowest BCUT2D eigenvalue weighted by atomic mass is 10.0. The van der Waals surface area contributed by atoms with Gasteiger partial charge in [-0.05, 0) is 47.5 Å². The van der Waals surface area contributed by atoms with Crippen LogP contribution in [0.4, 0.5) is 29.3 Å². The van der Waals surface area contributed by atoms with Gasteiger partial charge in [-0.15, -0.1) is 0 Å².